The number of hydrogen-bond donors (Lipinski definition) is 2. The second-order valence-electron chi connectivity index (χ2n) is 5.09. The van der Waals surface area contributed by atoms with E-state index in [1.807, 2.05) is 30.3 Å². The Balaban J connectivity index is 2.09. The van der Waals surface area contributed by atoms with Crippen LogP contribution in [0.4, 0.5) is 0 Å². The summed E-state index contributed by atoms with van der Waals surface area (Å²) in [5.74, 6) is -0.359. The zero-order valence-corrected chi connectivity index (χ0v) is 12.4. The largest absolute Gasteiger partial charge is 0.393 e. The minimum Gasteiger partial charge on any atom is -0.393 e. The minimum absolute atomic E-state index is 0.182. The molecule has 2 rings (SSSR count). The Kier molecular flexibility index (Phi) is 5.43. The Hall–Kier alpha value is -2.47. The van der Waals surface area contributed by atoms with Crippen LogP contribution < -0.4 is 10.9 Å². The molecule has 6 nitrogen and oxygen atoms in total. The van der Waals surface area contributed by atoms with Crippen LogP contribution in [0.2, 0.25) is 0 Å². The molecule has 0 fully saturated rings. The summed E-state index contributed by atoms with van der Waals surface area (Å²) in [6, 6.07) is 12.2. The summed E-state index contributed by atoms with van der Waals surface area (Å²) in [7, 11) is 0. The first kappa shape index (κ1) is 15.9. The Morgan fingerprint density at radius 2 is 2.00 bits per heavy atom. The molecule has 1 heterocycles. The van der Waals surface area contributed by atoms with Crippen molar-refractivity contribution in [2.45, 2.75) is 26.0 Å². The quantitative estimate of drug-likeness (QED) is 0.826. The zero-order valence-electron chi connectivity index (χ0n) is 12.4. The second-order valence-corrected chi connectivity index (χ2v) is 5.09. The van der Waals surface area contributed by atoms with E-state index in [-0.39, 0.29) is 17.2 Å². The molecule has 0 saturated heterocycles. The smallest absolute Gasteiger partial charge is 0.271 e. The van der Waals surface area contributed by atoms with Gasteiger partial charge in [-0.05, 0) is 25.0 Å². The molecule has 1 unspecified atom stereocenters. The van der Waals surface area contributed by atoms with Crippen LogP contribution >= 0.6 is 0 Å². The summed E-state index contributed by atoms with van der Waals surface area (Å²) in [6.07, 6.45) is -0.00430. The molecule has 1 aromatic heterocycles. The number of benzene rings is 1. The molecule has 0 saturated carbocycles. The highest BCUT2D eigenvalue weighted by atomic mass is 16.3. The van der Waals surface area contributed by atoms with Gasteiger partial charge in [-0.3, -0.25) is 9.59 Å². The normalized spacial score (nSPS) is 11.9. The second kappa shape index (κ2) is 7.51. The van der Waals surface area contributed by atoms with Gasteiger partial charge in [0.25, 0.3) is 11.5 Å². The van der Waals surface area contributed by atoms with E-state index < -0.39 is 6.10 Å². The van der Waals surface area contributed by atoms with E-state index in [1.54, 1.807) is 6.92 Å². The Bertz CT molecular complexity index is 681. The van der Waals surface area contributed by atoms with Crippen LogP contribution in [0.25, 0.3) is 0 Å². The fraction of sp³-hybridized carbons (Fsp3) is 0.312. The van der Waals surface area contributed by atoms with Crippen LogP contribution in [0.3, 0.4) is 0 Å². The monoisotopic (exact) mass is 301 g/mol. The van der Waals surface area contributed by atoms with Crippen molar-refractivity contribution in [3.05, 3.63) is 64.1 Å². The van der Waals surface area contributed by atoms with E-state index in [1.165, 1.54) is 16.8 Å². The highest BCUT2D eigenvalue weighted by Crippen LogP contribution is 2.00. The average Bonchev–Trinajstić information content (AvgIpc) is 2.50. The lowest BCUT2D eigenvalue weighted by molar-refractivity contribution is 0.0938. The predicted octanol–water partition coefficient (Wildman–Crippen LogP) is 0.792. The first-order chi connectivity index (χ1) is 10.6. The van der Waals surface area contributed by atoms with E-state index in [0.29, 0.717) is 19.5 Å². The fourth-order valence-corrected chi connectivity index (χ4v) is 1.92. The molecule has 0 radical (unpaired) electrons. The predicted molar refractivity (Wildman–Crippen MR) is 82.7 cm³/mol. The van der Waals surface area contributed by atoms with Gasteiger partial charge in [0.1, 0.15) is 5.69 Å². The maximum Gasteiger partial charge on any atom is 0.271 e. The Morgan fingerprint density at radius 1 is 1.27 bits per heavy atom. The van der Waals surface area contributed by atoms with Crippen molar-refractivity contribution in [2.24, 2.45) is 0 Å². The van der Waals surface area contributed by atoms with E-state index in [9.17, 15) is 9.59 Å². The van der Waals surface area contributed by atoms with Gasteiger partial charge < -0.3 is 10.4 Å². The number of nitrogens with zero attached hydrogens (tertiary/aromatic N) is 2. The van der Waals surface area contributed by atoms with Crippen molar-refractivity contribution in [1.82, 2.24) is 15.1 Å². The third-order valence-electron chi connectivity index (χ3n) is 3.12. The Labute approximate surface area is 128 Å². The number of aliphatic hydroxyl groups excluding tert-OH is 1. The van der Waals surface area contributed by atoms with Gasteiger partial charge in [-0.25, -0.2) is 4.68 Å². The van der Waals surface area contributed by atoms with Gasteiger partial charge in [-0.1, -0.05) is 30.3 Å². The number of nitrogens with one attached hydrogen (secondary N) is 1. The van der Waals surface area contributed by atoms with Crippen LogP contribution in [-0.4, -0.2) is 33.4 Å². The van der Waals surface area contributed by atoms with Crippen LogP contribution in [0.5, 0.6) is 0 Å². The van der Waals surface area contributed by atoms with Gasteiger partial charge >= 0.3 is 0 Å². The lowest BCUT2D eigenvalue weighted by atomic mass is 10.2. The van der Waals surface area contributed by atoms with Crippen LogP contribution in [-0.2, 0) is 6.54 Å². The van der Waals surface area contributed by atoms with Crippen molar-refractivity contribution >= 4 is 5.91 Å². The fourth-order valence-electron chi connectivity index (χ4n) is 1.92. The number of carbonyl (C=O) groups excluding carboxylic acids is 1. The third kappa shape index (κ3) is 4.53. The standard InChI is InChI=1S/C16H19N3O3/c1-12(20)9-10-17-16(22)14-7-8-15(21)19(18-14)11-13-5-3-2-4-6-13/h2-8,12,20H,9-11H2,1H3,(H,17,22). The third-order valence-corrected chi connectivity index (χ3v) is 3.12. The van der Waals surface area contributed by atoms with Gasteiger partial charge in [0.05, 0.1) is 12.6 Å². The molecule has 0 aliphatic heterocycles. The highest BCUT2D eigenvalue weighted by Gasteiger charge is 2.09. The molecule has 0 bridgehead atoms. The summed E-state index contributed by atoms with van der Waals surface area (Å²) in [6.45, 7) is 2.33. The Morgan fingerprint density at radius 3 is 2.68 bits per heavy atom. The zero-order chi connectivity index (χ0) is 15.9. The topological polar surface area (TPSA) is 84.2 Å². The molecule has 1 aromatic carbocycles. The summed E-state index contributed by atoms with van der Waals surface area (Å²) < 4.78 is 1.26. The van der Waals surface area contributed by atoms with Crippen molar-refractivity contribution in [1.29, 1.82) is 0 Å². The lowest BCUT2D eigenvalue weighted by Crippen LogP contribution is -2.31. The summed E-state index contributed by atoms with van der Waals surface area (Å²) in [5, 5.41) is 15.9. The van der Waals surface area contributed by atoms with Gasteiger partial charge in [0.15, 0.2) is 0 Å². The number of rotatable bonds is 6. The molecule has 2 aromatic rings. The van der Waals surface area contributed by atoms with E-state index in [0.717, 1.165) is 5.56 Å². The van der Waals surface area contributed by atoms with Gasteiger partial charge in [-0.2, -0.15) is 5.10 Å². The minimum atomic E-state index is -0.472. The number of amides is 1. The van der Waals surface area contributed by atoms with Crippen molar-refractivity contribution in [3.63, 3.8) is 0 Å². The number of carbonyl (C=O) groups is 1. The van der Waals surface area contributed by atoms with Crippen LogP contribution in [0, 0.1) is 0 Å². The SMILES string of the molecule is CC(O)CCNC(=O)c1ccc(=O)n(Cc2ccccc2)n1. The first-order valence-corrected chi connectivity index (χ1v) is 7.14. The van der Waals surface area contributed by atoms with Crippen molar-refractivity contribution in [2.75, 3.05) is 6.54 Å². The molecule has 0 aliphatic carbocycles. The van der Waals surface area contributed by atoms with E-state index in [4.69, 9.17) is 5.11 Å². The summed E-state index contributed by atoms with van der Waals surface area (Å²) in [4.78, 5) is 23.8. The number of hydrogen-bond acceptors (Lipinski definition) is 4. The number of aromatic nitrogens is 2. The summed E-state index contributed by atoms with van der Waals surface area (Å²) >= 11 is 0. The van der Waals surface area contributed by atoms with E-state index in [2.05, 4.69) is 10.4 Å². The van der Waals surface area contributed by atoms with Crippen LogP contribution in [0.1, 0.15) is 29.4 Å². The molecule has 22 heavy (non-hydrogen) atoms. The van der Waals surface area contributed by atoms with Crippen LogP contribution in [0.15, 0.2) is 47.3 Å². The molecular formula is C16H19N3O3. The van der Waals surface area contributed by atoms with Gasteiger partial charge in [-0.15, -0.1) is 0 Å². The molecule has 116 valence electrons. The first-order valence-electron chi connectivity index (χ1n) is 7.14. The molecular weight excluding hydrogens is 282 g/mol. The highest BCUT2D eigenvalue weighted by molar-refractivity contribution is 5.91. The van der Waals surface area contributed by atoms with Gasteiger partial charge in [0, 0.05) is 12.6 Å². The maximum absolute atomic E-state index is 12.0. The summed E-state index contributed by atoms with van der Waals surface area (Å²) in [5.41, 5.74) is 0.856. The van der Waals surface area contributed by atoms with Crippen molar-refractivity contribution in [3.8, 4) is 0 Å². The molecule has 2 N–H and O–H groups in total. The van der Waals surface area contributed by atoms with E-state index >= 15 is 0 Å². The molecule has 6 heteroatoms. The van der Waals surface area contributed by atoms with Crippen molar-refractivity contribution < 1.29 is 9.90 Å². The molecule has 1 amide bonds. The molecule has 0 spiro atoms. The molecule has 0 aliphatic rings. The number of aliphatic hydroxyl groups is 1. The van der Waals surface area contributed by atoms with Gasteiger partial charge in [0.2, 0.25) is 0 Å². The maximum atomic E-state index is 12.0. The molecule has 1 atom stereocenters. The average molecular weight is 301 g/mol. The lowest BCUT2D eigenvalue weighted by Gasteiger charge is -2.08.